The lowest BCUT2D eigenvalue weighted by molar-refractivity contribution is 0.0706. The van der Waals surface area contributed by atoms with Crippen LogP contribution in [0.5, 0.6) is 0 Å². The van der Waals surface area contributed by atoms with Gasteiger partial charge in [0, 0.05) is 42.7 Å². The molecule has 164 valence electrons. The molecule has 0 radical (unpaired) electrons. The first kappa shape index (κ1) is 19.8. The SMILES string of the molecule is O=C(c1cn(Cc2ccccc2)c2ccccc12)N1CCC[C@@H](c2nc3ccccc3[nH]2)C1. The molecule has 6 rings (SSSR count). The molecule has 3 aromatic carbocycles. The second-order valence-corrected chi connectivity index (χ2v) is 8.90. The lowest BCUT2D eigenvalue weighted by Gasteiger charge is -2.31. The van der Waals surface area contributed by atoms with Gasteiger partial charge >= 0.3 is 0 Å². The van der Waals surface area contributed by atoms with E-state index < -0.39 is 0 Å². The maximum Gasteiger partial charge on any atom is 0.256 e. The number of benzene rings is 3. The van der Waals surface area contributed by atoms with Crippen molar-refractivity contribution in [1.82, 2.24) is 19.4 Å². The average Bonchev–Trinajstić information content (AvgIpc) is 3.47. The summed E-state index contributed by atoms with van der Waals surface area (Å²) in [6.45, 7) is 2.22. The number of H-pyrrole nitrogens is 1. The van der Waals surface area contributed by atoms with Gasteiger partial charge in [-0.2, -0.15) is 0 Å². The molecule has 1 aliphatic rings. The normalized spacial score (nSPS) is 16.5. The van der Waals surface area contributed by atoms with Crippen molar-refractivity contribution in [2.75, 3.05) is 13.1 Å². The van der Waals surface area contributed by atoms with Crippen LogP contribution >= 0.6 is 0 Å². The Balaban J connectivity index is 1.29. The summed E-state index contributed by atoms with van der Waals surface area (Å²) < 4.78 is 2.19. The largest absolute Gasteiger partial charge is 0.342 e. The Morgan fingerprint density at radius 3 is 2.64 bits per heavy atom. The van der Waals surface area contributed by atoms with Crippen molar-refractivity contribution in [3.63, 3.8) is 0 Å². The van der Waals surface area contributed by atoms with E-state index in [1.165, 1.54) is 5.56 Å². The maximum absolute atomic E-state index is 13.7. The summed E-state index contributed by atoms with van der Waals surface area (Å²) >= 11 is 0. The van der Waals surface area contributed by atoms with Crippen molar-refractivity contribution >= 4 is 27.8 Å². The van der Waals surface area contributed by atoms with Crippen LogP contribution in [0.1, 0.15) is 40.5 Å². The first-order valence-electron chi connectivity index (χ1n) is 11.6. The van der Waals surface area contributed by atoms with E-state index in [4.69, 9.17) is 4.98 Å². The van der Waals surface area contributed by atoms with E-state index in [0.29, 0.717) is 6.54 Å². The zero-order valence-electron chi connectivity index (χ0n) is 18.4. The Labute approximate surface area is 192 Å². The molecule has 0 unspecified atom stereocenters. The molecule has 5 aromatic rings. The Morgan fingerprint density at radius 2 is 1.76 bits per heavy atom. The molecule has 0 saturated carbocycles. The summed E-state index contributed by atoms with van der Waals surface area (Å²) in [5, 5.41) is 1.02. The Hall–Kier alpha value is -3.86. The third-order valence-corrected chi connectivity index (χ3v) is 6.72. The minimum Gasteiger partial charge on any atom is -0.342 e. The minimum atomic E-state index is 0.110. The number of imidazole rings is 1. The maximum atomic E-state index is 13.7. The number of para-hydroxylation sites is 3. The number of nitrogens with one attached hydrogen (secondary N) is 1. The highest BCUT2D eigenvalue weighted by Crippen LogP contribution is 2.30. The molecule has 1 atom stereocenters. The lowest BCUT2D eigenvalue weighted by Crippen LogP contribution is -2.39. The van der Waals surface area contributed by atoms with Crippen LogP contribution < -0.4 is 0 Å². The van der Waals surface area contributed by atoms with Crippen molar-refractivity contribution in [3.8, 4) is 0 Å². The van der Waals surface area contributed by atoms with Crippen LogP contribution in [-0.4, -0.2) is 38.4 Å². The van der Waals surface area contributed by atoms with E-state index >= 15 is 0 Å². The fourth-order valence-electron chi connectivity index (χ4n) is 5.05. The van der Waals surface area contributed by atoms with Gasteiger partial charge in [0.05, 0.1) is 16.6 Å². The van der Waals surface area contributed by atoms with Crippen LogP contribution in [-0.2, 0) is 6.54 Å². The average molecular weight is 435 g/mol. The molecule has 0 bridgehead atoms. The van der Waals surface area contributed by atoms with E-state index in [0.717, 1.165) is 59.3 Å². The van der Waals surface area contributed by atoms with Gasteiger partial charge in [0.1, 0.15) is 5.82 Å². The van der Waals surface area contributed by atoms with Crippen LogP contribution in [0.15, 0.2) is 85.1 Å². The van der Waals surface area contributed by atoms with Gasteiger partial charge in [-0.15, -0.1) is 0 Å². The van der Waals surface area contributed by atoms with E-state index in [2.05, 4.69) is 52.0 Å². The second-order valence-electron chi connectivity index (χ2n) is 8.90. The molecule has 0 aliphatic carbocycles. The number of likely N-dealkylation sites (tertiary alicyclic amines) is 1. The summed E-state index contributed by atoms with van der Waals surface area (Å²) in [6.07, 6.45) is 4.06. The number of carbonyl (C=O) groups excluding carboxylic acids is 1. The van der Waals surface area contributed by atoms with Gasteiger partial charge in [-0.3, -0.25) is 4.79 Å². The number of hydrogen-bond donors (Lipinski definition) is 1. The second kappa shape index (κ2) is 8.24. The molecule has 0 spiro atoms. The molecule has 5 nitrogen and oxygen atoms in total. The number of amides is 1. The number of carbonyl (C=O) groups is 1. The Morgan fingerprint density at radius 1 is 0.970 bits per heavy atom. The molecule has 1 aliphatic heterocycles. The Bertz CT molecular complexity index is 1400. The van der Waals surface area contributed by atoms with Crippen LogP contribution in [0, 0.1) is 0 Å². The van der Waals surface area contributed by atoms with Crippen molar-refractivity contribution in [1.29, 1.82) is 0 Å². The number of nitrogens with zero attached hydrogens (tertiary/aromatic N) is 3. The van der Waals surface area contributed by atoms with Crippen LogP contribution in [0.25, 0.3) is 21.9 Å². The van der Waals surface area contributed by atoms with Crippen LogP contribution in [0.2, 0.25) is 0 Å². The van der Waals surface area contributed by atoms with Gasteiger partial charge in [-0.05, 0) is 36.6 Å². The summed E-state index contributed by atoms with van der Waals surface area (Å²) in [6, 6.07) is 26.7. The van der Waals surface area contributed by atoms with Gasteiger partial charge < -0.3 is 14.5 Å². The smallest absolute Gasteiger partial charge is 0.256 e. The highest BCUT2D eigenvalue weighted by molar-refractivity contribution is 6.07. The summed E-state index contributed by atoms with van der Waals surface area (Å²) in [5.41, 5.74) is 5.14. The monoisotopic (exact) mass is 434 g/mol. The number of piperidine rings is 1. The molecule has 1 N–H and O–H groups in total. The number of aromatic nitrogens is 3. The molecule has 3 heterocycles. The Kier molecular flexibility index (Phi) is 4.95. The van der Waals surface area contributed by atoms with Crippen molar-refractivity contribution < 1.29 is 4.79 Å². The van der Waals surface area contributed by atoms with Crippen LogP contribution in [0.4, 0.5) is 0 Å². The third-order valence-electron chi connectivity index (χ3n) is 6.72. The van der Waals surface area contributed by atoms with Crippen LogP contribution in [0.3, 0.4) is 0 Å². The predicted octanol–water partition coefficient (Wildman–Crippen LogP) is 5.59. The standard InChI is InChI=1S/C28H26N4O/c33-28(31-16-8-11-21(18-31)27-29-24-13-5-6-14-25(24)30-27)23-19-32(17-20-9-2-1-3-10-20)26-15-7-4-12-22(23)26/h1-7,9-10,12-15,19,21H,8,11,16-18H2,(H,29,30)/t21-/m1/s1. The fraction of sp³-hybridized carbons (Fsp3) is 0.214. The minimum absolute atomic E-state index is 0.110. The molecular formula is C28H26N4O. The lowest BCUT2D eigenvalue weighted by atomic mass is 9.96. The quantitative estimate of drug-likeness (QED) is 0.401. The molecule has 33 heavy (non-hydrogen) atoms. The van der Waals surface area contributed by atoms with Crippen molar-refractivity contribution in [2.24, 2.45) is 0 Å². The van der Waals surface area contributed by atoms with Gasteiger partial charge in [-0.1, -0.05) is 60.7 Å². The first-order chi connectivity index (χ1) is 16.3. The third kappa shape index (κ3) is 3.69. The van der Waals surface area contributed by atoms with Crippen molar-refractivity contribution in [2.45, 2.75) is 25.3 Å². The van der Waals surface area contributed by atoms with E-state index in [1.807, 2.05) is 47.5 Å². The van der Waals surface area contributed by atoms with Gasteiger partial charge in [0.25, 0.3) is 5.91 Å². The number of hydrogen-bond acceptors (Lipinski definition) is 2. The van der Waals surface area contributed by atoms with Gasteiger partial charge in [0.15, 0.2) is 0 Å². The van der Waals surface area contributed by atoms with Gasteiger partial charge in [0.2, 0.25) is 0 Å². The topological polar surface area (TPSA) is 53.9 Å². The van der Waals surface area contributed by atoms with E-state index in [1.54, 1.807) is 0 Å². The van der Waals surface area contributed by atoms with Crippen molar-refractivity contribution in [3.05, 3.63) is 102 Å². The molecular weight excluding hydrogens is 408 g/mol. The number of fused-ring (bicyclic) bond motifs is 2. The summed E-state index contributed by atoms with van der Waals surface area (Å²) in [7, 11) is 0. The van der Waals surface area contributed by atoms with E-state index in [9.17, 15) is 4.79 Å². The highest BCUT2D eigenvalue weighted by atomic mass is 16.2. The zero-order chi connectivity index (χ0) is 22.2. The summed E-state index contributed by atoms with van der Waals surface area (Å²) in [5.74, 6) is 1.33. The predicted molar refractivity (Wildman–Crippen MR) is 131 cm³/mol. The number of rotatable bonds is 4. The number of aromatic amines is 1. The van der Waals surface area contributed by atoms with E-state index in [-0.39, 0.29) is 11.8 Å². The molecule has 1 amide bonds. The molecule has 1 saturated heterocycles. The highest BCUT2D eigenvalue weighted by Gasteiger charge is 2.29. The fourth-order valence-corrected chi connectivity index (χ4v) is 5.05. The molecule has 2 aromatic heterocycles. The molecule has 5 heteroatoms. The van der Waals surface area contributed by atoms with Gasteiger partial charge in [-0.25, -0.2) is 4.98 Å². The first-order valence-corrected chi connectivity index (χ1v) is 11.6. The zero-order valence-corrected chi connectivity index (χ0v) is 18.4. The molecule has 1 fully saturated rings. The summed E-state index contributed by atoms with van der Waals surface area (Å²) in [4.78, 5) is 24.0.